The van der Waals surface area contributed by atoms with E-state index in [-0.39, 0.29) is 11.6 Å². The first-order valence-corrected chi connectivity index (χ1v) is 4.43. The molecular weight excluding hydrogens is 175 g/mol. The second-order valence-electron chi connectivity index (χ2n) is 2.72. The maximum Gasteiger partial charge on any atom is 0.141 e. The molecule has 0 saturated carbocycles. The van der Waals surface area contributed by atoms with Crippen LogP contribution in [0.4, 0.5) is 4.39 Å². The minimum absolute atomic E-state index is 0.196. The average molecular weight is 182 g/mol. The molecule has 1 aromatic carbocycles. The van der Waals surface area contributed by atoms with Crippen molar-refractivity contribution in [3.05, 3.63) is 28.9 Å². The highest BCUT2D eigenvalue weighted by Gasteiger charge is 2.06. The standard InChI is InChI=1S/C9H7FOS/c1-5-2-6(11)3-8-9(5)7(10)4-12-8/h2-4,11H,1H3. The topological polar surface area (TPSA) is 20.2 Å². The van der Waals surface area contributed by atoms with Gasteiger partial charge in [-0.1, -0.05) is 0 Å². The van der Waals surface area contributed by atoms with Gasteiger partial charge >= 0.3 is 0 Å². The molecule has 0 spiro atoms. The molecule has 1 nitrogen and oxygen atoms in total. The Morgan fingerprint density at radius 3 is 2.92 bits per heavy atom. The van der Waals surface area contributed by atoms with E-state index in [0.29, 0.717) is 5.39 Å². The number of phenolic OH excluding ortho intramolecular Hbond substituents is 1. The smallest absolute Gasteiger partial charge is 0.141 e. The number of hydrogen-bond acceptors (Lipinski definition) is 2. The molecule has 0 unspecified atom stereocenters. The molecule has 0 atom stereocenters. The Bertz CT molecular complexity index is 433. The van der Waals surface area contributed by atoms with E-state index in [1.807, 2.05) is 0 Å². The van der Waals surface area contributed by atoms with Crippen molar-refractivity contribution in [2.45, 2.75) is 6.92 Å². The van der Waals surface area contributed by atoms with Gasteiger partial charge in [-0.3, -0.25) is 0 Å². The molecule has 3 heteroatoms. The molecule has 2 rings (SSSR count). The van der Waals surface area contributed by atoms with Crippen LogP contribution in [-0.4, -0.2) is 5.11 Å². The van der Waals surface area contributed by atoms with Crippen molar-refractivity contribution in [1.29, 1.82) is 0 Å². The minimum atomic E-state index is -0.201. The van der Waals surface area contributed by atoms with Gasteiger partial charge in [0.15, 0.2) is 0 Å². The highest BCUT2D eigenvalue weighted by atomic mass is 32.1. The molecule has 1 heterocycles. The van der Waals surface area contributed by atoms with Gasteiger partial charge in [0.1, 0.15) is 11.6 Å². The molecule has 0 aliphatic rings. The monoisotopic (exact) mass is 182 g/mol. The van der Waals surface area contributed by atoms with Crippen LogP contribution in [0, 0.1) is 12.7 Å². The average Bonchev–Trinajstić information content (AvgIpc) is 2.31. The first kappa shape index (κ1) is 7.55. The number of aromatic hydroxyl groups is 1. The van der Waals surface area contributed by atoms with E-state index < -0.39 is 0 Å². The Kier molecular flexibility index (Phi) is 1.54. The quantitative estimate of drug-likeness (QED) is 0.663. The molecule has 2 aromatic rings. The Hall–Kier alpha value is -1.09. The van der Waals surface area contributed by atoms with Crippen molar-refractivity contribution in [1.82, 2.24) is 0 Å². The van der Waals surface area contributed by atoms with Gasteiger partial charge in [-0.05, 0) is 24.6 Å². The molecule has 0 aliphatic heterocycles. The predicted octanol–water partition coefficient (Wildman–Crippen LogP) is 3.05. The predicted molar refractivity (Wildman–Crippen MR) is 48.2 cm³/mol. The van der Waals surface area contributed by atoms with Crippen molar-refractivity contribution in [2.75, 3.05) is 0 Å². The fourth-order valence-electron chi connectivity index (χ4n) is 1.31. The van der Waals surface area contributed by atoms with Gasteiger partial charge in [0.2, 0.25) is 0 Å². The van der Waals surface area contributed by atoms with Crippen LogP contribution in [0.25, 0.3) is 10.1 Å². The number of benzene rings is 1. The third-order valence-electron chi connectivity index (χ3n) is 1.81. The highest BCUT2D eigenvalue weighted by molar-refractivity contribution is 7.17. The second kappa shape index (κ2) is 2.45. The fraction of sp³-hybridized carbons (Fsp3) is 0.111. The van der Waals surface area contributed by atoms with E-state index in [9.17, 15) is 9.50 Å². The molecule has 0 saturated heterocycles. The van der Waals surface area contributed by atoms with Gasteiger partial charge in [-0.2, -0.15) is 0 Å². The van der Waals surface area contributed by atoms with Crippen molar-refractivity contribution in [2.24, 2.45) is 0 Å². The number of thiophene rings is 1. The van der Waals surface area contributed by atoms with Crippen LogP contribution in [0.5, 0.6) is 5.75 Å². The highest BCUT2D eigenvalue weighted by Crippen LogP contribution is 2.30. The van der Waals surface area contributed by atoms with E-state index >= 15 is 0 Å². The third-order valence-corrected chi connectivity index (χ3v) is 2.71. The molecule has 62 valence electrons. The van der Waals surface area contributed by atoms with E-state index in [4.69, 9.17) is 0 Å². The number of rotatable bonds is 0. The first-order chi connectivity index (χ1) is 5.68. The Morgan fingerprint density at radius 2 is 2.17 bits per heavy atom. The molecule has 0 radical (unpaired) electrons. The van der Waals surface area contributed by atoms with E-state index in [0.717, 1.165) is 10.3 Å². The van der Waals surface area contributed by atoms with Crippen LogP contribution >= 0.6 is 11.3 Å². The number of aryl methyl sites for hydroxylation is 1. The zero-order valence-corrected chi connectivity index (χ0v) is 7.28. The van der Waals surface area contributed by atoms with Gasteiger partial charge in [0.05, 0.1) is 0 Å². The van der Waals surface area contributed by atoms with Crippen LogP contribution in [0.3, 0.4) is 0 Å². The van der Waals surface area contributed by atoms with Crippen molar-refractivity contribution < 1.29 is 9.50 Å². The lowest BCUT2D eigenvalue weighted by Crippen LogP contribution is -1.76. The van der Waals surface area contributed by atoms with Crippen LogP contribution in [0.1, 0.15) is 5.56 Å². The van der Waals surface area contributed by atoms with Crippen LogP contribution in [0.15, 0.2) is 17.5 Å². The van der Waals surface area contributed by atoms with Crippen LogP contribution in [0.2, 0.25) is 0 Å². The van der Waals surface area contributed by atoms with E-state index in [1.165, 1.54) is 16.7 Å². The number of halogens is 1. The first-order valence-electron chi connectivity index (χ1n) is 3.55. The number of phenols is 1. The van der Waals surface area contributed by atoms with Crippen LogP contribution < -0.4 is 0 Å². The summed E-state index contributed by atoms with van der Waals surface area (Å²) in [6.45, 7) is 1.79. The zero-order valence-electron chi connectivity index (χ0n) is 6.47. The third kappa shape index (κ3) is 0.975. The Balaban J connectivity index is 2.93. The largest absolute Gasteiger partial charge is 0.508 e. The summed E-state index contributed by atoms with van der Waals surface area (Å²) < 4.78 is 13.9. The molecule has 0 bridgehead atoms. The molecule has 1 N–H and O–H groups in total. The van der Waals surface area contributed by atoms with E-state index in [2.05, 4.69) is 0 Å². The normalized spacial score (nSPS) is 10.8. The summed E-state index contributed by atoms with van der Waals surface area (Å²) in [5, 5.41) is 11.3. The van der Waals surface area contributed by atoms with Gasteiger partial charge in [-0.25, -0.2) is 4.39 Å². The summed E-state index contributed by atoms with van der Waals surface area (Å²) in [5.74, 6) is -0.00523. The molecule has 0 amide bonds. The summed E-state index contributed by atoms with van der Waals surface area (Å²) in [7, 11) is 0. The van der Waals surface area contributed by atoms with Gasteiger partial charge in [0, 0.05) is 15.5 Å². The molecular formula is C9H7FOS. The summed E-state index contributed by atoms with van der Waals surface area (Å²) >= 11 is 1.31. The number of fused-ring (bicyclic) bond motifs is 1. The maximum atomic E-state index is 13.1. The van der Waals surface area contributed by atoms with Crippen molar-refractivity contribution in [3.63, 3.8) is 0 Å². The Morgan fingerprint density at radius 1 is 1.42 bits per heavy atom. The Labute approximate surface area is 73.1 Å². The lowest BCUT2D eigenvalue weighted by atomic mass is 10.1. The number of hydrogen-bond donors (Lipinski definition) is 1. The SMILES string of the molecule is Cc1cc(O)cc2scc(F)c12. The van der Waals surface area contributed by atoms with Gasteiger partial charge in [0.25, 0.3) is 0 Å². The molecule has 0 fully saturated rings. The summed E-state index contributed by atoms with van der Waals surface area (Å²) in [6, 6.07) is 3.15. The van der Waals surface area contributed by atoms with Crippen molar-refractivity contribution >= 4 is 21.4 Å². The second-order valence-corrected chi connectivity index (χ2v) is 3.63. The fourth-order valence-corrected chi connectivity index (χ4v) is 2.22. The van der Waals surface area contributed by atoms with E-state index in [1.54, 1.807) is 19.1 Å². The van der Waals surface area contributed by atoms with Crippen molar-refractivity contribution in [3.8, 4) is 5.75 Å². The summed E-state index contributed by atoms with van der Waals surface area (Å²) in [4.78, 5) is 0. The zero-order chi connectivity index (χ0) is 8.72. The lowest BCUT2D eigenvalue weighted by Gasteiger charge is -1.97. The van der Waals surface area contributed by atoms with Gasteiger partial charge in [-0.15, -0.1) is 11.3 Å². The summed E-state index contributed by atoms with van der Waals surface area (Å²) in [5.41, 5.74) is 0.781. The van der Waals surface area contributed by atoms with Crippen LogP contribution in [-0.2, 0) is 0 Å². The molecule has 0 aliphatic carbocycles. The maximum absolute atomic E-state index is 13.1. The lowest BCUT2D eigenvalue weighted by molar-refractivity contribution is 0.476. The molecule has 12 heavy (non-hydrogen) atoms. The summed E-state index contributed by atoms with van der Waals surface area (Å²) in [6.07, 6.45) is 0. The minimum Gasteiger partial charge on any atom is -0.508 e. The molecule has 1 aromatic heterocycles. The van der Waals surface area contributed by atoms with Gasteiger partial charge < -0.3 is 5.11 Å².